The van der Waals surface area contributed by atoms with Crippen LogP contribution in [-0.4, -0.2) is 87.6 Å². The number of esters is 2. The van der Waals surface area contributed by atoms with Crippen LogP contribution in [0.15, 0.2) is 182 Å². The molecule has 0 amide bonds. The molecule has 2 fully saturated rings. The number of methoxy groups -OCH3 is 1. The number of ether oxygens (including phenoxy) is 10. The molecule has 6 aromatic rings. The molecular weight excluding hydrogens is 841 g/mol. The van der Waals surface area contributed by atoms with Crippen LogP contribution in [-0.2, 0) is 73.8 Å². The molecule has 2 aliphatic heterocycles. The van der Waals surface area contributed by atoms with Gasteiger partial charge in [-0.2, -0.15) is 0 Å². The summed E-state index contributed by atoms with van der Waals surface area (Å²) < 4.78 is 65.2. The van der Waals surface area contributed by atoms with Crippen LogP contribution in [0.5, 0.6) is 0 Å². The second-order valence-corrected chi connectivity index (χ2v) is 15.9. The van der Waals surface area contributed by atoms with E-state index in [4.69, 9.17) is 47.4 Å². The van der Waals surface area contributed by atoms with Crippen LogP contribution in [0.2, 0.25) is 0 Å². The molecule has 8 rings (SSSR count). The van der Waals surface area contributed by atoms with Gasteiger partial charge in [0.15, 0.2) is 18.7 Å². The van der Waals surface area contributed by atoms with E-state index >= 15 is 0 Å². The highest BCUT2D eigenvalue weighted by Crippen LogP contribution is 2.36. The molecule has 0 saturated carbocycles. The maximum Gasteiger partial charge on any atom is 0.338 e. The van der Waals surface area contributed by atoms with E-state index in [0.29, 0.717) is 17.7 Å². The highest BCUT2D eigenvalue weighted by atomic mass is 16.8. The zero-order chi connectivity index (χ0) is 45.3. The molecule has 0 N–H and O–H groups in total. The van der Waals surface area contributed by atoms with Crippen LogP contribution >= 0.6 is 0 Å². The van der Waals surface area contributed by atoms with Crippen LogP contribution in [0.1, 0.15) is 43.0 Å². The van der Waals surface area contributed by atoms with Gasteiger partial charge in [0, 0.05) is 7.11 Å². The molecule has 66 heavy (non-hydrogen) atoms. The number of carbonyl (C=O) groups is 2. The largest absolute Gasteiger partial charge is 0.459 e. The molecule has 0 aliphatic carbocycles. The topological polar surface area (TPSA) is 126 Å². The second-order valence-electron chi connectivity index (χ2n) is 15.9. The quantitative estimate of drug-likeness (QED) is 0.0643. The molecule has 6 aromatic carbocycles. The normalized spacial score (nSPS) is 23.8. The van der Waals surface area contributed by atoms with E-state index in [0.717, 1.165) is 22.3 Å². The molecule has 0 unspecified atom stereocenters. The van der Waals surface area contributed by atoms with Gasteiger partial charge in [0.2, 0.25) is 0 Å². The first-order valence-corrected chi connectivity index (χ1v) is 22.1. The first kappa shape index (κ1) is 46.5. The van der Waals surface area contributed by atoms with Gasteiger partial charge >= 0.3 is 11.9 Å². The average Bonchev–Trinajstić information content (AvgIpc) is 3.70. The van der Waals surface area contributed by atoms with Crippen LogP contribution in [0, 0.1) is 0 Å². The first-order valence-electron chi connectivity index (χ1n) is 22.1. The molecule has 2 saturated heterocycles. The lowest BCUT2D eigenvalue weighted by molar-refractivity contribution is -0.347. The van der Waals surface area contributed by atoms with Crippen molar-refractivity contribution in [3.63, 3.8) is 0 Å². The minimum atomic E-state index is -1.24. The van der Waals surface area contributed by atoms with E-state index < -0.39 is 67.2 Å². The summed E-state index contributed by atoms with van der Waals surface area (Å²) in [6.07, 6.45) is -8.79. The number of rotatable bonds is 21. The third kappa shape index (κ3) is 12.6. The molecule has 0 radical (unpaired) electrons. The van der Waals surface area contributed by atoms with Gasteiger partial charge in [-0.05, 0) is 46.5 Å². The van der Waals surface area contributed by atoms with Gasteiger partial charge in [-0.1, -0.05) is 158 Å². The molecule has 2 heterocycles. The number of benzene rings is 6. The number of hydrogen-bond donors (Lipinski definition) is 0. The second kappa shape index (κ2) is 23.9. The Bertz CT molecular complexity index is 2340. The Hall–Kier alpha value is -6.06. The van der Waals surface area contributed by atoms with Gasteiger partial charge in [0.1, 0.15) is 43.2 Å². The van der Waals surface area contributed by atoms with Crippen molar-refractivity contribution in [2.45, 2.75) is 81.7 Å². The number of carbonyl (C=O) groups excluding carboxylic acids is 2. The lowest BCUT2D eigenvalue weighted by Gasteiger charge is -2.46. The van der Waals surface area contributed by atoms with Crippen molar-refractivity contribution in [2.24, 2.45) is 0 Å². The fraction of sp³-hybridized carbons (Fsp3) is 0.296. The van der Waals surface area contributed by atoms with Crippen molar-refractivity contribution in [3.05, 3.63) is 215 Å². The average molecular weight is 895 g/mol. The van der Waals surface area contributed by atoms with E-state index in [9.17, 15) is 9.59 Å². The predicted molar refractivity (Wildman–Crippen MR) is 243 cm³/mol. The molecule has 342 valence electrons. The fourth-order valence-corrected chi connectivity index (χ4v) is 7.89. The summed E-state index contributed by atoms with van der Waals surface area (Å²) in [5.41, 5.74) is 4.39. The Kier molecular flexibility index (Phi) is 16.8. The Morgan fingerprint density at radius 1 is 0.424 bits per heavy atom. The minimum absolute atomic E-state index is 0.108. The number of hydrogen-bond acceptors (Lipinski definition) is 12. The van der Waals surface area contributed by atoms with Crippen LogP contribution in [0.3, 0.4) is 0 Å². The van der Waals surface area contributed by atoms with Crippen LogP contribution in [0.4, 0.5) is 0 Å². The van der Waals surface area contributed by atoms with Crippen molar-refractivity contribution in [3.8, 4) is 0 Å². The lowest BCUT2D eigenvalue weighted by Crippen LogP contribution is -2.62. The zero-order valence-corrected chi connectivity index (χ0v) is 36.7. The molecule has 0 bridgehead atoms. The van der Waals surface area contributed by atoms with Crippen molar-refractivity contribution in [2.75, 3.05) is 20.3 Å². The molecule has 0 spiro atoms. The third-order valence-electron chi connectivity index (χ3n) is 11.3. The highest BCUT2D eigenvalue weighted by Gasteiger charge is 2.55. The van der Waals surface area contributed by atoms with E-state index in [1.807, 2.05) is 133 Å². The molecule has 12 heteroatoms. The maximum atomic E-state index is 13.9. The zero-order valence-electron chi connectivity index (χ0n) is 36.7. The monoisotopic (exact) mass is 894 g/mol. The maximum absolute atomic E-state index is 13.9. The van der Waals surface area contributed by atoms with Gasteiger partial charge in [0.05, 0.1) is 44.2 Å². The van der Waals surface area contributed by atoms with E-state index in [2.05, 4.69) is 0 Å². The Morgan fingerprint density at radius 3 is 1.33 bits per heavy atom. The molecule has 9 atom stereocenters. The molecule has 2 aliphatic rings. The first-order chi connectivity index (χ1) is 32.5. The van der Waals surface area contributed by atoms with E-state index in [1.54, 1.807) is 48.5 Å². The summed E-state index contributed by atoms with van der Waals surface area (Å²) in [4.78, 5) is 27.2. The summed E-state index contributed by atoms with van der Waals surface area (Å²) in [6.45, 7) is 0.722. The molecular formula is C54H54O12. The molecule has 12 nitrogen and oxygen atoms in total. The van der Waals surface area contributed by atoms with Crippen molar-refractivity contribution in [1.29, 1.82) is 0 Å². The van der Waals surface area contributed by atoms with E-state index in [-0.39, 0.29) is 33.0 Å². The standard InChI is InChI=1S/C54H54O12/c1-57-53-50(48(60-34-40-24-12-4-13-25-40)46(59-33-39-22-10-3-11-23-39)44(63-53)36-58-32-38-20-8-2-9-21-38)66-54-49(61-35-41-26-14-5-15-27-41)47(65-52(56)43-30-18-7-19-31-43)45(64-54)37-62-51(55)42-28-16-6-17-29-42/h2-31,44-50,53-54H,32-37H2,1H3/t44-,45-,46-,47-,48+,49+,50-,53+,54+/m1/s1. The van der Waals surface area contributed by atoms with Gasteiger partial charge in [-0.25, -0.2) is 9.59 Å². The van der Waals surface area contributed by atoms with Crippen molar-refractivity contribution >= 4 is 11.9 Å². The third-order valence-corrected chi connectivity index (χ3v) is 11.3. The van der Waals surface area contributed by atoms with Crippen LogP contribution in [0.25, 0.3) is 0 Å². The smallest absolute Gasteiger partial charge is 0.338 e. The van der Waals surface area contributed by atoms with Gasteiger partial charge in [-0.3, -0.25) is 0 Å². The fourth-order valence-electron chi connectivity index (χ4n) is 7.89. The lowest BCUT2D eigenvalue weighted by atomic mass is 9.97. The van der Waals surface area contributed by atoms with Gasteiger partial charge in [-0.15, -0.1) is 0 Å². The van der Waals surface area contributed by atoms with Crippen molar-refractivity contribution < 1.29 is 57.0 Å². The Balaban J connectivity index is 1.13. The summed E-state index contributed by atoms with van der Waals surface area (Å²) in [5, 5.41) is 0. The van der Waals surface area contributed by atoms with Crippen molar-refractivity contribution in [1.82, 2.24) is 0 Å². The SMILES string of the molecule is CO[C@H]1O[C@H](COCc2ccccc2)[C@@H](OCc2ccccc2)[C@H](OCc2ccccc2)[C@H]1O[C@@H]1O[C@H](COC(=O)c2ccccc2)[C@@H](OC(=O)c2ccccc2)[C@@H]1OCc1ccccc1. The summed E-state index contributed by atoms with van der Waals surface area (Å²) >= 11 is 0. The van der Waals surface area contributed by atoms with Gasteiger partial charge < -0.3 is 47.4 Å². The molecule has 0 aromatic heterocycles. The van der Waals surface area contributed by atoms with Gasteiger partial charge in [0.25, 0.3) is 0 Å². The summed E-state index contributed by atoms with van der Waals surface area (Å²) in [5.74, 6) is -1.20. The summed E-state index contributed by atoms with van der Waals surface area (Å²) in [7, 11) is 1.53. The minimum Gasteiger partial charge on any atom is -0.459 e. The van der Waals surface area contributed by atoms with Crippen LogP contribution < -0.4 is 0 Å². The van der Waals surface area contributed by atoms with E-state index in [1.165, 1.54) is 7.11 Å². The predicted octanol–water partition coefficient (Wildman–Crippen LogP) is 8.52. The Labute approximate surface area is 385 Å². The summed E-state index contributed by atoms with van der Waals surface area (Å²) in [6, 6.07) is 56.3. The highest BCUT2D eigenvalue weighted by molar-refractivity contribution is 5.90. The Morgan fingerprint density at radius 2 is 0.833 bits per heavy atom.